The van der Waals surface area contributed by atoms with Crippen LogP contribution in [0.5, 0.6) is 0 Å². The van der Waals surface area contributed by atoms with Gasteiger partial charge in [-0.3, -0.25) is 4.98 Å². The van der Waals surface area contributed by atoms with Gasteiger partial charge in [0.1, 0.15) is 0 Å². The van der Waals surface area contributed by atoms with Crippen molar-refractivity contribution >= 4 is 0 Å². The van der Waals surface area contributed by atoms with Gasteiger partial charge in [-0.15, -0.1) is 0 Å². The van der Waals surface area contributed by atoms with Crippen LogP contribution in [-0.2, 0) is 5.60 Å². The third-order valence-electron chi connectivity index (χ3n) is 4.28. The molecule has 2 aromatic carbocycles. The van der Waals surface area contributed by atoms with Crippen LogP contribution in [0.25, 0.3) is 0 Å². The molecule has 0 spiro atoms. The van der Waals surface area contributed by atoms with Crippen LogP contribution in [0, 0.1) is 6.92 Å². The van der Waals surface area contributed by atoms with Crippen LogP contribution in [-0.4, -0.2) is 10.1 Å². The Morgan fingerprint density at radius 1 is 0.913 bits per heavy atom. The van der Waals surface area contributed by atoms with Crippen LogP contribution >= 0.6 is 0 Å². The van der Waals surface area contributed by atoms with E-state index >= 15 is 0 Å². The van der Waals surface area contributed by atoms with E-state index in [0.717, 1.165) is 22.4 Å². The number of pyridine rings is 1. The lowest BCUT2D eigenvalue weighted by molar-refractivity contribution is 0.0380. The number of hydrogen-bond donors (Lipinski definition) is 1. The maximum absolute atomic E-state index is 11.4. The fourth-order valence-corrected chi connectivity index (χ4v) is 3.10. The molecular formula is C21H21NO. The highest BCUT2D eigenvalue weighted by molar-refractivity contribution is 5.38. The molecule has 1 N–H and O–H groups in total. The zero-order valence-corrected chi connectivity index (χ0v) is 13.5. The maximum atomic E-state index is 11.4. The summed E-state index contributed by atoms with van der Waals surface area (Å²) in [5.41, 5.74) is 2.90. The quantitative estimate of drug-likeness (QED) is 0.773. The summed E-state index contributed by atoms with van der Waals surface area (Å²) in [5, 5.41) is 11.4. The second kappa shape index (κ2) is 6.35. The summed E-state index contributed by atoms with van der Waals surface area (Å²) < 4.78 is 0. The first-order valence-corrected chi connectivity index (χ1v) is 7.84. The van der Waals surface area contributed by atoms with Crippen LogP contribution in [0.3, 0.4) is 0 Å². The van der Waals surface area contributed by atoms with Gasteiger partial charge in [0.25, 0.3) is 0 Å². The molecule has 3 aromatic rings. The molecule has 0 saturated heterocycles. The van der Waals surface area contributed by atoms with Gasteiger partial charge in [-0.05, 0) is 37.1 Å². The standard InChI is InChI=1S/C21H21NO/c1-16-9-8-12-18(15-16)21(2,23)20(17-10-4-3-5-11-17)19-13-6-7-14-22-19/h3-15,20,23H,1-2H3. The summed E-state index contributed by atoms with van der Waals surface area (Å²) in [7, 11) is 0. The highest BCUT2D eigenvalue weighted by atomic mass is 16.3. The SMILES string of the molecule is Cc1cccc(C(C)(O)C(c2ccccc2)c2ccccn2)c1. The normalized spacial score (nSPS) is 14.9. The topological polar surface area (TPSA) is 33.1 Å². The fourth-order valence-electron chi connectivity index (χ4n) is 3.10. The van der Waals surface area contributed by atoms with Crippen molar-refractivity contribution in [3.8, 4) is 0 Å². The number of aryl methyl sites for hydroxylation is 1. The molecule has 1 heterocycles. The molecule has 0 aliphatic carbocycles. The summed E-state index contributed by atoms with van der Waals surface area (Å²) in [4.78, 5) is 4.51. The second-order valence-corrected chi connectivity index (χ2v) is 6.12. The number of aliphatic hydroxyl groups is 1. The molecule has 0 radical (unpaired) electrons. The molecule has 0 aliphatic heterocycles. The molecule has 0 amide bonds. The van der Waals surface area contributed by atoms with Crippen LogP contribution in [0.2, 0.25) is 0 Å². The third-order valence-corrected chi connectivity index (χ3v) is 4.28. The summed E-state index contributed by atoms with van der Waals surface area (Å²) in [6, 6.07) is 23.9. The Labute approximate surface area is 137 Å². The smallest absolute Gasteiger partial charge is 0.0992 e. The molecule has 2 nitrogen and oxygen atoms in total. The number of hydrogen-bond acceptors (Lipinski definition) is 2. The van der Waals surface area contributed by atoms with Crippen molar-refractivity contribution in [3.05, 3.63) is 101 Å². The van der Waals surface area contributed by atoms with Crippen molar-refractivity contribution < 1.29 is 5.11 Å². The summed E-state index contributed by atoms with van der Waals surface area (Å²) in [6.45, 7) is 3.91. The van der Waals surface area contributed by atoms with E-state index in [9.17, 15) is 5.11 Å². The molecule has 23 heavy (non-hydrogen) atoms. The van der Waals surface area contributed by atoms with Gasteiger partial charge in [0.2, 0.25) is 0 Å². The monoisotopic (exact) mass is 303 g/mol. The molecule has 0 fully saturated rings. The van der Waals surface area contributed by atoms with E-state index < -0.39 is 5.60 Å². The van der Waals surface area contributed by atoms with Crippen molar-refractivity contribution in [1.82, 2.24) is 4.98 Å². The first-order chi connectivity index (χ1) is 11.1. The Morgan fingerprint density at radius 3 is 2.30 bits per heavy atom. The Balaban J connectivity index is 2.15. The van der Waals surface area contributed by atoms with Crippen molar-refractivity contribution in [2.45, 2.75) is 25.4 Å². The van der Waals surface area contributed by atoms with E-state index in [4.69, 9.17) is 0 Å². The fraction of sp³-hybridized carbons (Fsp3) is 0.190. The molecule has 1 aromatic heterocycles. The highest BCUT2D eigenvalue weighted by Gasteiger charge is 2.37. The maximum Gasteiger partial charge on any atom is 0.0992 e. The van der Waals surface area contributed by atoms with E-state index in [2.05, 4.69) is 4.98 Å². The van der Waals surface area contributed by atoms with Gasteiger partial charge >= 0.3 is 0 Å². The molecule has 2 unspecified atom stereocenters. The predicted molar refractivity (Wildman–Crippen MR) is 93.3 cm³/mol. The van der Waals surface area contributed by atoms with Crippen molar-refractivity contribution in [3.63, 3.8) is 0 Å². The molecule has 3 rings (SSSR count). The van der Waals surface area contributed by atoms with E-state index in [1.807, 2.05) is 86.6 Å². The third kappa shape index (κ3) is 3.17. The zero-order chi connectivity index (χ0) is 16.3. The molecule has 2 atom stereocenters. The largest absolute Gasteiger partial charge is 0.384 e. The minimum Gasteiger partial charge on any atom is -0.384 e. The second-order valence-electron chi connectivity index (χ2n) is 6.12. The number of nitrogens with zero attached hydrogens (tertiary/aromatic N) is 1. The Hall–Kier alpha value is -2.45. The predicted octanol–water partition coefficient (Wildman–Crippen LogP) is 4.43. The lowest BCUT2D eigenvalue weighted by Gasteiger charge is -2.34. The van der Waals surface area contributed by atoms with Crippen LogP contribution in [0.1, 0.15) is 35.2 Å². The molecule has 2 heteroatoms. The van der Waals surface area contributed by atoms with Gasteiger partial charge in [0, 0.05) is 6.20 Å². The van der Waals surface area contributed by atoms with Gasteiger partial charge in [0.15, 0.2) is 0 Å². The lowest BCUT2D eigenvalue weighted by Crippen LogP contribution is -2.31. The lowest BCUT2D eigenvalue weighted by atomic mass is 9.76. The van der Waals surface area contributed by atoms with Crippen LogP contribution in [0.4, 0.5) is 0 Å². The number of benzene rings is 2. The number of rotatable bonds is 4. The number of aromatic nitrogens is 1. The molecule has 0 saturated carbocycles. The van der Waals surface area contributed by atoms with E-state index in [1.54, 1.807) is 6.20 Å². The van der Waals surface area contributed by atoms with Gasteiger partial charge in [-0.2, -0.15) is 0 Å². The van der Waals surface area contributed by atoms with E-state index in [0.29, 0.717) is 0 Å². The van der Waals surface area contributed by atoms with E-state index in [1.165, 1.54) is 0 Å². The highest BCUT2D eigenvalue weighted by Crippen LogP contribution is 2.40. The van der Waals surface area contributed by atoms with Crippen molar-refractivity contribution in [2.24, 2.45) is 0 Å². The molecule has 0 bridgehead atoms. The van der Waals surface area contributed by atoms with Crippen molar-refractivity contribution in [1.29, 1.82) is 0 Å². The van der Waals surface area contributed by atoms with Gasteiger partial charge < -0.3 is 5.11 Å². The van der Waals surface area contributed by atoms with Gasteiger partial charge in [0.05, 0.1) is 17.2 Å². The van der Waals surface area contributed by atoms with Crippen LogP contribution < -0.4 is 0 Å². The summed E-state index contributed by atoms with van der Waals surface area (Å²) >= 11 is 0. The average Bonchev–Trinajstić information content (AvgIpc) is 2.57. The van der Waals surface area contributed by atoms with Crippen molar-refractivity contribution in [2.75, 3.05) is 0 Å². The first-order valence-electron chi connectivity index (χ1n) is 7.84. The minimum absolute atomic E-state index is 0.230. The summed E-state index contributed by atoms with van der Waals surface area (Å²) in [6.07, 6.45) is 1.78. The van der Waals surface area contributed by atoms with E-state index in [-0.39, 0.29) is 5.92 Å². The Morgan fingerprint density at radius 2 is 1.65 bits per heavy atom. The first kappa shape index (κ1) is 15.4. The molecule has 116 valence electrons. The van der Waals surface area contributed by atoms with Gasteiger partial charge in [-0.1, -0.05) is 66.2 Å². The summed E-state index contributed by atoms with van der Waals surface area (Å²) in [5.74, 6) is -0.230. The Kier molecular flexibility index (Phi) is 4.26. The van der Waals surface area contributed by atoms with Crippen LogP contribution in [0.15, 0.2) is 79.0 Å². The minimum atomic E-state index is -1.05. The molecule has 0 aliphatic rings. The zero-order valence-electron chi connectivity index (χ0n) is 13.5. The molecular weight excluding hydrogens is 282 g/mol. The Bertz CT molecular complexity index is 727. The van der Waals surface area contributed by atoms with Gasteiger partial charge in [-0.25, -0.2) is 0 Å². The average molecular weight is 303 g/mol.